The van der Waals surface area contributed by atoms with Crippen LogP contribution in [0.15, 0.2) is 16.6 Å². The van der Waals surface area contributed by atoms with E-state index in [1.165, 1.54) is 6.07 Å². The molecular weight excluding hydrogens is 285 g/mol. The third kappa shape index (κ3) is 2.00. The van der Waals surface area contributed by atoms with Crippen LogP contribution < -0.4 is 11.3 Å². The molecule has 0 saturated carbocycles. The molecule has 1 aromatic carbocycles. The molecule has 5 heteroatoms. The standard InChI is InChI=1S/C12H13BrFN3/c1-3-7-6(2)16-11-5-10(14)9(13)4-8(11)12(7)17-15/h4-5H,3,15H2,1-2H3,(H,16,17). The highest BCUT2D eigenvalue weighted by Crippen LogP contribution is 2.31. The minimum absolute atomic E-state index is 0.323. The normalized spacial score (nSPS) is 10.9. The first kappa shape index (κ1) is 12.3. The quantitative estimate of drug-likeness (QED) is 0.660. The number of anilines is 1. The topological polar surface area (TPSA) is 50.9 Å². The minimum atomic E-state index is -0.323. The number of hydrogen-bond donors (Lipinski definition) is 2. The van der Waals surface area contributed by atoms with Gasteiger partial charge in [0.25, 0.3) is 0 Å². The van der Waals surface area contributed by atoms with E-state index in [1.807, 2.05) is 13.8 Å². The predicted octanol–water partition coefficient (Wildman–Crippen LogP) is 3.29. The first-order valence-electron chi connectivity index (χ1n) is 5.33. The van der Waals surface area contributed by atoms with Gasteiger partial charge in [0, 0.05) is 17.1 Å². The Labute approximate surface area is 107 Å². The third-order valence-electron chi connectivity index (χ3n) is 2.83. The molecule has 2 rings (SSSR count). The van der Waals surface area contributed by atoms with Gasteiger partial charge in [0.05, 0.1) is 15.7 Å². The Morgan fingerprint density at radius 2 is 2.18 bits per heavy atom. The summed E-state index contributed by atoms with van der Waals surface area (Å²) in [4.78, 5) is 4.40. The molecule has 0 aliphatic heterocycles. The van der Waals surface area contributed by atoms with Crippen molar-refractivity contribution in [1.82, 2.24) is 4.98 Å². The van der Waals surface area contributed by atoms with Crippen molar-refractivity contribution in [3.05, 3.63) is 33.7 Å². The summed E-state index contributed by atoms with van der Waals surface area (Å²) in [5, 5.41) is 0.822. The second-order valence-electron chi connectivity index (χ2n) is 3.83. The molecule has 0 fully saturated rings. The molecule has 90 valence electrons. The largest absolute Gasteiger partial charge is 0.323 e. The molecule has 0 atom stereocenters. The summed E-state index contributed by atoms with van der Waals surface area (Å²) in [7, 11) is 0. The average Bonchev–Trinajstić information content (AvgIpc) is 2.30. The fourth-order valence-corrected chi connectivity index (χ4v) is 2.36. The van der Waals surface area contributed by atoms with Gasteiger partial charge in [0.15, 0.2) is 0 Å². The first-order chi connectivity index (χ1) is 8.08. The van der Waals surface area contributed by atoms with Gasteiger partial charge in [-0.1, -0.05) is 6.92 Å². The van der Waals surface area contributed by atoms with E-state index in [0.29, 0.717) is 9.99 Å². The lowest BCUT2D eigenvalue weighted by molar-refractivity contribution is 0.622. The van der Waals surface area contributed by atoms with Crippen molar-refractivity contribution in [3.8, 4) is 0 Å². The minimum Gasteiger partial charge on any atom is -0.323 e. The molecule has 1 heterocycles. The monoisotopic (exact) mass is 297 g/mol. The number of hydrazine groups is 1. The zero-order chi connectivity index (χ0) is 12.6. The lowest BCUT2D eigenvalue weighted by Gasteiger charge is -2.14. The molecule has 1 aromatic heterocycles. The molecule has 0 bridgehead atoms. The van der Waals surface area contributed by atoms with Crippen molar-refractivity contribution < 1.29 is 4.39 Å². The summed E-state index contributed by atoms with van der Waals surface area (Å²) in [5.74, 6) is 5.24. The van der Waals surface area contributed by atoms with Gasteiger partial charge in [-0.15, -0.1) is 0 Å². The van der Waals surface area contributed by atoms with Crippen LogP contribution in [-0.4, -0.2) is 4.98 Å². The molecule has 0 saturated heterocycles. The van der Waals surface area contributed by atoms with Gasteiger partial charge in [-0.05, 0) is 40.9 Å². The second kappa shape index (κ2) is 4.58. The van der Waals surface area contributed by atoms with Crippen molar-refractivity contribution >= 4 is 32.5 Å². The lowest BCUT2D eigenvalue weighted by atomic mass is 10.0. The number of fused-ring (bicyclic) bond motifs is 1. The summed E-state index contributed by atoms with van der Waals surface area (Å²) in [6, 6.07) is 3.11. The molecule has 0 spiro atoms. The summed E-state index contributed by atoms with van der Waals surface area (Å²) in [6.45, 7) is 3.94. The second-order valence-corrected chi connectivity index (χ2v) is 4.69. The summed E-state index contributed by atoms with van der Waals surface area (Å²) < 4.78 is 13.9. The van der Waals surface area contributed by atoms with Crippen LogP contribution in [0.25, 0.3) is 10.9 Å². The molecule has 0 amide bonds. The molecule has 0 aliphatic rings. The van der Waals surface area contributed by atoms with Crippen LogP contribution in [0.4, 0.5) is 10.1 Å². The van der Waals surface area contributed by atoms with Gasteiger partial charge in [-0.3, -0.25) is 10.8 Å². The summed E-state index contributed by atoms with van der Waals surface area (Å²) >= 11 is 3.17. The molecule has 3 nitrogen and oxygen atoms in total. The highest BCUT2D eigenvalue weighted by atomic mass is 79.9. The molecule has 0 radical (unpaired) electrons. The number of nitrogens with one attached hydrogen (secondary N) is 1. The molecule has 0 unspecified atom stereocenters. The zero-order valence-corrected chi connectivity index (χ0v) is 11.2. The van der Waals surface area contributed by atoms with Crippen LogP contribution in [0.5, 0.6) is 0 Å². The fraction of sp³-hybridized carbons (Fsp3) is 0.250. The van der Waals surface area contributed by atoms with E-state index in [2.05, 4.69) is 26.3 Å². The Morgan fingerprint density at radius 1 is 1.47 bits per heavy atom. The van der Waals surface area contributed by atoms with Crippen molar-refractivity contribution in [1.29, 1.82) is 0 Å². The molecule has 0 aliphatic carbocycles. The summed E-state index contributed by atoms with van der Waals surface area (Å²) in [6.07, 6.45) is 0.823. The zero-order valence-electron chi connectivity index (χ0n) is 9.64. The van der Waals surface area contributed by atoms with Gasteiger partial charge in [-0.2, -0.15) is 0 Å². The van der Waals surface area contributed by atoms with E-state index >= 15 is 0 Å². The number of nitrogens with zero attached hydrogens (tertiary/aromatic N) is 1. The number of nitrogens with two attached hydrogens (primary N) is 1. The van der Waals surface area contributed by atoms with E-state index < -0.39 is 0 Å². The number of hydrogen-bond acceptors (Lipinski definition) is 3. The Hall–Kier alpha value is -1.20. The maximum Gasteiger partial charge on any atom is 0.139 e. The van der Waals surface area contributed by atoms with Crippen LogP contribution in [0.1, 0.15) is 18.2 Å². The SMILES string of the molecule is CCc1c(C)nc2cc(F)c(Br)cc2c1NN. The number of rotatable bonds is 2. The third-order valence-corrected chi connectivity index (χ3v) is 3.44. The van der Waals surface area contributed by atoms with Gasteiger partial charge in [0.2, 0.25) is 0 Å². The Kier molecular flexibility index (Phi) is 3.31. The Bertz CT molecular complexity index is 584. The number of nitrogen functional groups attached to an aromatic ring is 1. The van der Waals surface area contributed by atoms with E-state index in [9.17, 15) is 4.39 Å². The Morgan fingerprint density at radius 3 is 2.76 bits per heavy atom. The van der Waals surface area contributed by atoms with Crippen molar-refractivity contribution in [2.75, 3.05) is 5.43 Å². The maximum absolute atomic E-state index is 13.5. The van der Waals surface area contributed by atoms with E-state index in [0.717, 1.165) is 28.8 Å². The van der Waals surface area contributed by atoms with Crippen molar-refractivity contribution in [3.63, 3.8) is 0 Å². The van der Waals surface area contributed by atoms with Gasteiger partial charge in [0.1, 0.15) is 5.82 Å². The van der Waals surface area contributed by atoms with Crippen LogP contribution in [0.2, 0.25) is 0 Å². The van der Waals surface area contributed by atoms with Crippen LogP contribution in [0.3, 0.4) is 0 Å². The van der Waals surface area contributed by atoms with E-state index in [-0.39, 0.29) is 5.82 Å². The smallest absolute Gasteiger partial charge is 0.139 e. The highest BCUT2D eigenvalue weighted by Gasteiger charge is 2.12. The molecule has 17 heavy (non-hydrogen) atoms. The first-order valence-corrected chi connectivity index (χ1v) is 6.12. The van der Waals surface area contributed by atoms with Gasteiger partial charge in [-0.25, -0.2) is 4.39 Å². The van der Waals surface area contributed by atoms with Gasteiger partial charge >= 0.3 is 0 Å². The number of pyridine rings is 1. The van der Waals surface area contributed by atoms with Crippen LogP contribution >= 0.6 is 15.9 Å². The Balaban J connectivity index is 2.89. The number of aryl methyl sites for hydroxylation is 1. The summed E-state index contributed by atoms with van der Waals surface area (Å²) in [5.41, 5.74) is 6.04. The molecular formula is C12H13BrFN3. The van der Waals surface area contributed by atoms with Gasteiger partial charge < -0.3 is 5.43 Å². The van der Waals surface area contributed by atoms with E-state index in [1.54, 1.807) is 6.07 Å². The maximum atomic E-state index is 13.5. The van der Waals surface area contributed by atoms with Crippen LogP contribution in [0, 0.1) is 12.7 Å². The van der Waals surface area contributed by atoms with E-state index in [4.69, 9.17) is 5.84 Å². The fourth-order valence-electron chi connectivity index (χ4n) is 2.02. The van der Waals surface area contributed by atoms with Crippen molar-refractivity contribution in [2.24, 2.45) is 5.84 Å². The number of aromatic nitrogens is 1. The lowest BCUT2D eigenvalue weighted by Crippen LogP contribution is -2.11. The highest BCUT2D eigenvalue weighted by molar-refractivity contribution is 9.10. The van der Waals surface area contributed by atoms with Crippen LogP contribution in [-0.2, 0) is 6.42 Å². The molecule has 3 N–H and O–H groups in total. The predicted molar refractivity (Wildman–Crippen MR) is 71.3 cm³/mol. The molecule has 2 aromatic rings. The average molecular weight is 298 g/mol. The van der Waals surface area contributed by atoms with Crippen molar-refractivity contribution in [2.45, 2.75) is 20.3 Å². The number of halogens is 2. The number of benzene rings is 1.